The van der Waals surface area contributed by atoms with E-state index in [2.05, 4.69) is 27.9 Å². The predicted molar refractivity (Wildman–Crippen MR) is 83.4 cm³/mol. The SMILES string of the molecule is COCCOCCCCNC(=O)c1cccc(I)c1. The summed E-state index contributed by atoms with van der Waals surface area (Å²) in [7, 11) is 1.66. The molecule has 19 heavy (non-hydrogen) atoms. The molecular weight excluding hydrogens is 357 g/mol. The molecule has 0 aromatic heterocycles. The van der Waals surface area contributed by atoms with Gasteiger partial charge >= 0.3 is 0 Å². The number of carbonyl (C=O) groups excluding carboxylic acids is 1. The van der Waals surface area contributed by atoms with Crippen molar-refractivity contribution in [2.45, 2.75) is 12.8 Å². The first kappa shape index (κ1) is 16.4. The number of methoxy groups -OCH3 is 1. The number of ether oxygens (including phenoxy) is 2. The summed E-state index contributed by atoms with van der Waals surface area (Å²) >= 11 is 2.20. The van der Waals surface area contributed by atoms with Crippen LogP contribution in [0.4, 0.5) is 0 Å². The van der Waals surface area contributed by atoms with Crippen molar-refractivity contribution >= 4 is 28.5 Å². The second-order valence-electron chi connectivity index (χ2n) is 4.08. The predicted octanol–water partition coefficient (Wildman–Crippen LogP) is 2.46. The maximum absolute atomic E-state index is 11.8. The number of rotatable bonds is 9. The van der Waals surface area contributed by atoms with Gasteiger partial charge in [-0.25, -0.2) is 0 Å². The fraction of sp³-hybridized carbons (Fsp3) is 0.500. The van der Waals surface area contributed by atoms with Crippen LogP contribution in [-0.2, 0) is 9.47 Å². The minimum absolute atomic E-state index is 0.0150. The topological polar surface area (TPSA) is 47.6 Å². The largest absolute Gasteiger partial charge is 0.382 e. The van der Waals surface area contributed by atoms with E-state index in [9.17, 15) is 4.79 Å². The zero-order valence-corrected chi connectivity index (χ0v) is 13.3. The highest BCUT2D eigenvalue weighted by Crippen LogP contribution is 2.07. The molecule has 0 atom stereocenters. The number of nitrogens with one attached hydrogen (secondary N) is 1. The van der Waals surface area contributed by atoms with E-state index < -0.39 is 0 Å². The lowest BCUT2D eigenvalue weighted by Crippen LogP contribution is -2.24. The van der Waals surface area contributed by atoms with Gasteiger partial charge in [-0.2, -0.15) is 0 Å². The van der Waals surface area contributed by atoms with Crippen molar-refractivity contribution in [2.75, 3.05) is 33.5 Å². The van der Waals surface area contributed by atoms with Crippen LogP contribution in [0.5, 0.6) is 0 Å². The van der Waals surface area contributed by atoms with Crippen molar-refractivity contribution in [3.63, 3.8) is 0 Å². The molecule has 1 N–H and O–H groups in total. The van der Waals surface area contributed by atoms with Crippen LogP contribution in [-0.4, -0.2) is 39.4 Å². The van der Waals surface area contributed by atoms with Crippen molar-refractivity contribution in [1.82, 2.24) is 5.32 Å². The lowest BCUT2D eigenvalue weighted by Gasteiger charge is -2.06. The van der Waals surface area contributed by atoms with Crippen LogP contribution in [0.1, 0.15) is 23.2 Å². The average Bonchev–Trinajstić information content (AvgIpc) is 2.41. The third kappa shape index (κ3) is 7.49. The standard InChI is InChI=1S/C14H20INO3/c1-18-9-10-19-8-3-2-7-16-14(17)12-5-4-6-13(15)11-12/h4-6,11H,2-3,7-10H2,1H3,(H,16,17). The Morgan fingerprint density at radius 1 is 1.26 bits per heavy atom. The molecule has 0 heterocycles. The van der Waals surface area contributed by atoms with Crippen molar-refractivity contribution in [2.24, 2.45) is 0 Å². The molecule has 0 aliphatic heterocycles. The summed E-state index contributed by atoms with van der Waals surface area (Å²) in [6.07, 6.45) is 1.86. The van der Waals surface area contributed by atoms with Crippen molar-refractivity contribution in [3.8, 4) is 0 Å². The minimum Gasteiger partial charge on any atom is -0.382 e. The molecule has 0 saturated heterocycles. The molecule has 0 fully saturated rings. The number of hydrogen-bond donors (Lipinski definition) is 1. The number of carbonyl (C=O) groups is 1. The highest BCUT2D eigenvalue weighted by molar-refractivity contribution is 14.1. The minimum atomic E-state index is -0.0150. The first-order chi connectivity index (χ1) is 9.24. The van der Waals surface area contributed by atoms with Crippen LogP contribution in [0.15, 0.2) is 24.3 Å². The van der Waals surface area contributed by atoms with E-state index in [1.807, 2.05) is 24.3 Å². The molecule has 1 aromatic rings. The summed E-state index contributed by atoms with van der Waals surface area (Å²) in [5.74, 6) is -0.0150. The Balaban J connectivity index is 2.08. The van der Waals surface area contributed by atoms with Crippen molar-refractivity contribution in [3.05, 3.63) is 33.4 Å². The fourth-order valence-corrected chi connectivity index (χ4v) is 2.05. The van der Waals surface area contributed by atoms with Gasteiger partial charge in [0.25, 0.3) is 5.91 Å². The molecule has 0 radical (unpaired) electrons. The van der Waals surface area contributed by atoms with Crippen LogP contribution >= 0.6 is 22.6 Å². The maximum Gasteiger partial charge on any atom is 0.251 e. The summed E-state index contributed by atoms with van der Waals surface area (Å²) in [4.78, 5) is 11.8. The molecule has 4 nitrogen and oxygen atoms in total. The average molecular weight is 377 g/mol. The first-order valence-corrected chi connectivity index (χ1v) is 7.42. The monoisotopic (exact) mass is 377 g/mol. The van der Waals surface area contributed by atoms with E-state index in [-0.39, 0.29) is 5.91 Å². The molecule has 1 amide bonds. The third-order valence-electron chi connectivity index (χ3n) is 2.52. The molecule has 0 aliphatic rings. The van der Waals surface area contributed by atoms with Crippen LogP contribution in [0.2, 0.25) is 0 Å². The summed E-state index contributed by atoms with van der Waals surface area (Å²) in [5.41, 5.74) is 0.711. The van der Waals surface area contributed by atoms with Gasteiger partial charge < -0.3 is 14.8 Å². The second-order valence-corrected chi connectivity index (χ2v) is 5.32. The van der Waals surface area contributed by atoms with E-state index in [0.29, 0.717) is 31.9 Å². The Labute approximate surface area is 128 Å². The molecule has 0 aliphatic carbocycles. The van der Waals surface area contributed by atoms with Crippen LogP contribution < -0.4 is 5.32 Å². The molecule has 0 unspecified atom stereocenters. The van der Waals surface area contributed by atoms with Gasteiger partial charge in [0.05, 0.1) is 13.2 Å². The van der Waals surface area contributed by atoms with Crippen molar-refractivity contribution in [1.29, 1.82) is 0 Å². The van der Waals surface area contributed by atoms with Gasteiger partial charge in [-0.05, 0) is 53.6 Å². The highest BCUT2D eigenvalue weighted by Gasteiger charge is 2.04. The molecule has 1 aromatic carbocycles. The quantitative estimate of drug-likeness (QED) is 0.531. The summed E-state index contributed by atoms with van der Waals surface area (Å²) < 4.78 is 11.3. The summed E-state index contributed by atoms with van der Waals surface area (Å²) in [6.45, 7) is 2.65. The van der Waals surface area contributed by atoms with Gasteiger partial charge in [0.1, 0.15) is 0 Å². The van der Waals surface area contributed by atoms with E-state index >= 15 is 0 Å². The molecule has 0 saturated carbocycles. The van der Waals surface area contributed by atoms with Gasteiger partial charge in [-0.1, -0.05) is 6.07 Å². The van der Waals surface area contributed by atoms with Crippen LogP contribution in [0.3, 0.4) is 0 Å². The Morgan fingerprint density at radius 3 is 2.84 bits per heavy atom. The van der Waals surface area contributed by atoms with E-state index in [1.54, 1.807) is 7.11 Å². The number of hydrogen-bond acceptors (Lipinski definition) is 3. The normalized spacial score (nSPS) is 10.4. The lowest BCUT2D eigenvalue weighted by molar-refractivity contribution is 0.0686. The maximum atomic E-state index is 11.8. The Kier molecular flexibility index (Phi) is 8.77. The second kappa shape index (κ2) is 10.2. The summed E-state index contributed by atoms with van der Waals surface area (Å²) in [5, 5.41) is 2.91. The first-order valence-electron chi connectivity index (χ1n) is 6.34. The molecule has 1 rings (SSSR count). The van der Waals surface area contributed by atoms with E-state index in [4.69, 9.17) is 9.47 Å². The Morgan fingerprint density at radius 2 is 2.11 bits per heavy atom. The van der Waals surface area contributed by atoms with Crippen molar-refractivity contribution < 1.29 is 14.3 Å². The Bertz CT molecular complexity index is 385. The van der Waals surface area contributed by atoms with Crippen LogP contribution in [0.25, 0.3) is 0 Å². The Hall–Kier alpha value is -0.660. The van der Waals surface area contributed by atoms with Gasteiger partial charge in [0.15, 0.2) is 0 Å². The zero-order valence-electron chi connectivity index (χ0n) is 11.2. The number of benzene rings is 1. The number of unbranched alkanes of at least 4 members (excludes halogenated alkanes) is 1. The number of halogens is 1. The zero-order chi connectivity index (χ0) is 13.9. The van der Waals surface area contributed by atoms with Crippen LogP contribution in [0, 0.1) is 3.57 Å². The fourth-order valence-electron chi connectivity index (χ4n) is 1.51. The van der Waals surface area contributed by atoms with Gasteiger partial charge in [0.2, 0.25) is 0 Å². The molecule has 106 valence electrons. The molecule has 0 spiro atoms. The van der Waals surface area contributed by atoms with E-state index in [1.165, 1.54) is 0 Å². The summed E-state index contributed by atoms with van der Waals surface area (Å²) in [6, 6.07) is 7.56. The smallest absolute Gasteiger partial charge is 0.251 e. The van der Waals surface area contributed by atoms with Gasteiger partial charge in [0, 0.05) is 29.4 Å². The van der Waals surface area contributed by atoms with Gasteiger partial charge in [-0.3, -0.25) is 4.79 Å². The van der Waals surface area contributed by atoms with E-state index in [0.717, 1.165) is 16.4 Å². The molecule has 0 bridgehead atoms. The molecule has 5 heteroatoms. The lowest BCUT2D eigenvalue weighted by atomic mass is 10.2. The third-order valence-corrected chi connectivity index (χ3v) is 3.19. The highest BCUT2D eigenvalue weighted by atomic mass is 127. The van der Waals surface area contributed by atoms with Gasteiger partial charge in [-0.15, -0.1) is 0 Å². The number of amides is 1. The molecular formula is C14H20INO3.